The molecule has 5 aliphatic carbocycles. The van der Waals surface area contributed by atoms with Crippen LogP contribution in [0.15, 0.2) is 35.9 Å². The van der Waals surface area contributed by atoms with Gasteiger partial charge in [-0.25, -0.2) is 0 Å². The van der Waals surface area contributed by atoms with E-state index in [9.17, 15) is 19.8 Å². The van der Waals surface area contributed by atoms with E-state index in [1.165, 1.54) is 19.3 Å². The van der Waals surface area contributed by atoms with Gasteiger partial charge in [-0.2, -0.15) is 0 Å². The predicted octanol–water partition coefficient (Wildman–Crippen LogP) is 3.29. The summed E-state index contributed by atoms with van der Waals surface area (Å²) in [6, 6.07) is 6.92. The van der Waals surface area contributed by atoms with E-state index in [1.807, 2.05) is 36.1 Å². The zero-order valence-electron chi connectivity index (χ0n) is 22.7. The Morgan fingerprint density at radius 2 is 1.79 bits per heavy atom. The maximum atomic E-state index is 13.7. The summed E-state index contributed by atoms with van der Waals surface area (Å²) >= 11 is 2.19. The van der Waals surface area contributed by atoms with Crippen LogP contribution in [0.4, 0.5) is 0 Å². The molecule has 0 heterocycles. The number of carbonyl (C=O) groups excluding carboxylic acids is 2. The van der Waals surface area contributed by atoms with Crippen molar-refractivity contribution in [3.8, 4) is 5.75 Å². The molecule has 3 atom stereocenters. The average Bonchev–Trinajstić information content (AvgIpc) is 2.90. The Balaban J connectivity index is 1.45. The quantitative estimate of drug-likeness (QED) is 0.317. The summed E-state index contributed by atoms with van der Waals surface area (Å²) < 4.78 is 12.7. The standard InChI is InChI=1S/C30H41IN2O6/c1-2-38-17-27(35)33(18-30-14-19-9-20(15-30)11-21(10-19)16-30)24-12-22(29(37)32-7-8-34)13-26(28(24)36)39-25-6-4-3-5-23(25)31/h3-6,13,19-21,24,26,28,34,36H,2,7-12,14-18H2,1H3,(H,32,37)/t19?,20?,21?,24-,26+,28+,30?/m1/s1. The van der Waals surface area contributed by atoms with E-state index in [0.717, 1.165) is 40.6 Å². The smallest absolute Gasteiger partial charge is 0.248 e. The van der Waals surface area contributed by atoms with Crippen LogP contribution in [0.5, 0.6) is 5.75 Å². The van der Waals surface area contributed by atoms with Crippen LogP contribution in [0.1, 0.15) is 51.9 Å². The number of nitrogens with one attached hydrogen (secondary N) is 1. The third-order valence-electron chi connectivity index (χ3n) is 9.14. The molecule has 6 rings (SSSR count). The molecule has 8 nitrogen and oxygen atoms in total. The van der Waals surface area contributed by atoms with Gasteiger partial charge in [0.2, 0.25) is 11.8 Å². The summed E-state index contributed by atoms with van der Waals surface area (Å²) in [5.74, 6) is 2.33. The molecule has 0 saturated heterocycles. The SMILES string of the molecule is CCOCC(=O)N(CC12CC3CC(CC(C3)C1)C2)[C@@H]1CC(C(=O)NCCO)=C[C@H](Oc2ccccc2I)[C@H]1O. The van der Waals surface area contributed by atoms with Gasteiger partial charge in [0.05, 0.1) is 16.2 Å². The second kappa shape index (κ2) is 12.4. The fourth-order valence-electron chi connectivity index (χ4n) is 7.97. The maximum absolute atomic E-state index is 13.7. The minimum absolute atomic E-state index is 0.0516. The van der Waals surface area contributed by atoms with Crippen molar-refractivity contribution in [2.45, 2.75) is 70.1 Å². The van der Waals surface area contributed by atoms with E-state index in [2.05, 4.69) is 27.9 Å². The van der Waals surface area contributed by atoms with Crippen molar-refractivity contribution in [1.29, 1.82) is 0 Å². The lowest BCUT2D eigenvalue weighted by Crippen LogP contribution is -2.60. The van der Waals surface area contributed by atoms with Crippen molar-refractivity contribution in [3.05, 3.63) is 39.5 Å². The highest BCUT2D eigenvalue weighted by atomic mass is 127. The van der Waals surface area contributed by atoms with Gasteiger partial charge >= 0.3 is 0 Å². The molecule has 1 aromatic carbocycles. The molecule has 0 aromatic heterocycles. The summed E-state index contributed by atoms with van der Waals surface area (Å²) in [5.41, 5.74) is 0.511. The highest BCUT2D eigenvalue weighted by molar-refractivity contribution is 14.1. The number of rotatable bonds is 11. The number of carbonyl (C=O) groups is 2. The second-order valence-corrected chi connectivity index (χ2v) is 13.2. The molecule has 0 radical (unpaired) electrons. The van der Waals surface area contributed by atoms with Crippen LogP contribution < -0.4 is 10.1 Å². The number of aliphatic hydroxyl groups is 2. The minimum atomic E-state index is -1.02. The van der Waals surface area contributed by atoms with E-state index in [4.69, 9.17) is 9.47 Å². The zero-order chi connectivity index (χ0) is 27.6. The Morgan fingerprint density at radius 3 is 2.41 bits per heavy atom. The fourth-order valence-corrected chi connectivity index (χ4v) is 8.49. The molecule has 4 bridgehead atoms. The molecular weight excluding hydrogens is 611 g/mol. The van der Waals surface area contributed by atoms with Crippen LogP contribution in [0.25, 0.3) is 0 Å². The topological polar surface area (TPSA) is 108 Å². The van der Waals surface area contributed by atoms with Crippen molar-refractivity contribution < 1.29 is 29.3 Å². The molecule has 2 amide bonds. The van der Waals surface area contributed by atoms with Gasteiger partial charge in [0.1, 0.15) is 24.6 Å². The lowest BCUT2D eigenvalue weighted by atomic mass is 9.49. The molecule has 0 spiro atoms. The van der Waals surface area contributed by atoms with E-state index in [0.29, 0.717) is 24.5 Å². The molecule has 4 fully saturated rings. The van der Waals surface area contributed by atoms with Crippen LogP contribution in [0.2, 0.25) is 0 Å². The van der Waals surface area contributed by atoms with E-state index < -0.39 is 18.2 Å². The number of aliphatic hydroxyl groups excluding tert-OH is 2. The van der Waals surface area contributed by atoms with Crippen LogP contribution in [0.3, 0.4) is 0 Å². The number of halogens is 1. The third-order valence-corrected chi connectivity index (χ3v) is 10.0. The summed E-state index contributed by atoms with van der Waals surface area (Å²) in [6.07, 6.45) is 7.36. The van der Waals surface area contributed by atoms with Crippen molar-refractivity contribution >= 4 is 34.4 Å². The van der Waals surface area contributed by atoms with E-state index in [-0.39, 0.29) is 43.4 Å². The Kier molecular flexibility index (Phi) is 9.20. The first kappa shape index (κ1) is 28.8. The van der Waals surface area contributed by atoms with Gasteiger partial charge in [-0.15, -0.1) is 0 Å². The third kappa shape index (κ3) is 6.47. The maximum Gasteiger partial charge on any atom is 0.248 e. The van der Waals surface area contributed by atoms with Crippen molar-refractivity contribution in [1.82, 2.24) is 10.2 Å². The fraction of sp³-hybridized carbons (Fsp3) is 0.667. The Hall–Kier alpha value is -1.69. The number of hydrogen-bond donors (Lipinski definition) is 3. The zero-order valence-corrected chi connectivity index (χ0v) is 24.8. The van der Waals surface area contributed by atoms with E-state index in [1.54, 1.807) is 6.08 Å². The largest absolute Gasteiger partial charge is 0.482 e. The van der Waals surface area contributed by atoms with Crippen molar-refractivity contribution in [3.63, 3.8) is 0 Å². The normalized spacial score (nSPS) is 33.0. The lowest BCUT2D eigenvalue weighted by Gasteiger charge is -2.58. The van der Waals surface area contributed by atoms with Crippen LogP contribution >= 0.6 is 22.6 Å². The number of benzene rings is 1. The van der Waals surface area contributed by atoms with Gasteiger partial charge < -0.3 is 29.9 Å². The van der Waals surface area contributed by atoms with Gasteiger partial charge in [0.25, 0.3) is 0 Å². The summed E-state index contributed by atoms with van der Waals surface area (Å²) in [4.78, 5) is 28.7. The first-order valence-electron chi connectivity index (χ1n) is 14.4. The minimum Gasteiger partial charge on any atom is -0.482 e. The van der Waals surface area contributed by atoms with Crippen LogP contribution in [-0.4, -0.2) is 78.1 Å². The van der Waals surface area contributed by atoms with Gasteiger partial charge in [-0.3, -0.25) is 9.59 Å². The van der Waals surface area contributed by atoms with Crippen molar-refractivity contribution in [2.24, 2.45) is 23.2 Å². The van der Waals surface area contributed by atoms with Gasteiger partial charge in [0.15, 0.2) is 0 Å². The lowest BCUT2D eigenvalue weighted by molar-refractivity contribution is -0.151. The summed E-state index contributed by atoms with van der Waals surface area (Å²) in [7, 11) is 0. The first-order chi connectivity index (χ1) is 18.8. The van der Waals surface area contributed by atoms with Crippen LogP contribution in [0, 0.1) is 26.7 Å². The number of nitrogens with zero attached hydrogens (tertiary/aromatic N) is 1. The Labute approximate surface area is 244 Å². The van der Waals surface area contributed by atoms with Gasteiger partial charge in [-0.1, -0.05) is 12.1 Å². The molecule has 9 heteroatoms. The monoisotopic (exact) mass is 652 g/mol. The first-order valence-corrected chi connectivity index (χ1v) is 15.4. The highest BCUT2D eigenvalue weighted by Crippen LogP contribution is 2.60. The molecule has 4 saturated carbocycles. The molecule has 0 unspecified atom stereocenters. The number of para-hydroxylation sites is 1. The molecule has 0 aliphatic heterocycles. The molecule has 3 N–H and O–H groups in total. The van der Waals surface area contributed by atoms with Crippen molar-refractivity contribution in [2.75, 3.05) is 32.9 Å². The Morgan fingerprint density at radius 1 is 1.13 bits per heavy atom. The predicted molar refractivity (Wildman–Crippen MR) is 155 cm³/mol. The number of ether oxygens (including phenoxy) is 2. The summed E-state index contributed by atoms with van der Waals surface area (Å²) in [5, 5.41) is 23.7. The van der Waals surface area contributed by atoms with Gasteiger partial charge in [0, 0.05) is 31.7 Å². The number of amides is 2. The molecule has 39 heavy (non-hydrogen) atoms. The molecule has 5 aliphatic rings. The molecule has 214 valence electrons. The Bertz CT molecular complexity index is 1040. The highest BCUT2D eigenvalue weighted by Gasteiger charge is 2.53. The molecular formula is C30H41IN2O6. The average molecular weight is 653 g/mol. The van der Waals surface area contributed by atoms with E-state index >= 15 is 0 Å². The molecule has 1 aromatic rings. The van der Waals surface area contributed by atoms with Gasteiger partial charge in [-0.05, 0) is 109 Å². The number of hydrogen-bond acceptors (Lipinski definition) is 6. The second-order valence-electron chi connectivity index (χ2n) is 12.0. The van der Waals surface area contributed by atoms with Crippen LogP contribution in [-0.2, 0) is 14.3 Å². The summed E-state index contributed by atoms with van der Waals surface area (Å²) in [6.45, 7) is 2.78.